The first-order valence-corrected chi connectivity index (χ1v) is 7.36. The molecule has 4 heteroatoms. The van der Waals surface area contributed by atoms with E-state index in [0.717, 1.165) is 22.9 Å². The summed E-state index contributed by atoms with van der Waals surface area (Å²) in [7, 11) is 0. The minimum absolute atomic E-state index is 0.125. The summed E-state index contributed by atoms with van der Waals surface area (Å²) < 4.78 is 6.46. The van der Waals surface area contributed by atoms with E-state index in [1.807, 2.05) is 26.0 Å². The molecule has 0 amide bonds. The second-order valence-electron chi connectivity index (χ2n) is 4.14. The van der Waals surface area contributed by atoms with Gasteiger partial charge in [-0.15, -0.1) is 0 Å². The summed E-state index contributed by atoms with van der Waals surface area (Å²) in [5.74, 6) is 0.125. The van der Waals surface area contributed by atoms with Crippen molar-refractivity contribution in [1.82, 2.24) is 0 Å². The Balaban J connectivity index is 2.93. The summed E-state index contributed by atoms with van der Waals surface area (Å²) in [6, 6.07) is 5.49. The molecular formula is C14H18BrClO2. The van der Waals surface area contributed by atoms with Gasteiger partial charge >= 0.3 is 0 Å². The van der Waals surface area contributed by atoms with Crippen LogP contribution in [0.25, 0.3) is 0 Å². The number of hydrogen-bond acceptors (Lipinski definition) is 2. The summed E-state index contributed by atoms with van der Waals surface area (Å²) in [5, 5.41) is 0.635. The number of benzene rings is 1. The van der Waals surface area contributed by atoms with E-state index in [1.165, 1.54) is 0 Å². The van der Waals surface area contributed by atoms with Crippen LogP contribution in [0, 0.1) is 0 Å². The quantitative estimate of drug-likeness (QED) is 0.706. The minimum atomic E-state index is -0.474. The lowest BCUT2D eigenvalue weighted by Gasteiger charge is -2.17. The summed E-state index contributed by atoms with van der Waals surface area (Å²) in [4.78, 5) is 12.1. The molecule has 1 aromatic rings. The van der Waals surface area contributed by atoms with Gasteiger partial charge in [-0.2, -0.15) is 0 Å². The molecule has 0 saturated heterocycles. The zero-order valence-electron chi connectivity index (χ0n) is 10.7. The van der Waals surface area contributed by atoms with Gasteiger partial charge in [-0.05, 0) is 46.5 Å². The fourth-order valence-corrected chi connectivity index (χ4v) is 2.18. The molecule has 1 atom stereocenters. The van der Waals surface area contributed by atoms with Crippen molar-refractivity contribution < 1.29 is 9.53 Å². The Labute approximate surface area is 122 Å². The Morgan fingerprint density at radius 1 is 1.39 bits per heavy atom. The van der Waals surface area contributed by atoms with Crippen molar-refractivity contribution in [1.29, 1.82) is 0 Å². The van der Waals surface area contributed by atoms with Gasteiger partial charge in [0.25, 0.3) is 0 Å². The fraction of sp³-hybridized carbons (Fsp3) is 0.500. The smallest absolute Gasteiger partial charge is 0.166 e. The van der Waals surface area contributed by atoms with Crippen molar-refractivity contribution in [3.8, 4) is 0 Å². The largest absolute Gasteiger partial charge is 0.366 e. The zero-order valence-corrected chi connectivity index (χ0v) is 13.1. The highest BCUT2D eigenvalue weighted by Crippen LogP contribution is 2.28. The van der Waals surface area contributed by atoms with Crippen LogP contribution in [-0.4, -0.2) is 12.4 Å². The molecule has 18 heavy (non-hydrogen) atoms. The SMILES string of the molecule is CCCOC(C(=O)CCC)c1ccc(Cl)c(Br)c1. The maximum atomic E-state index is 12.1. The predicted octanol–water partition coefficient (Wildman–Crippen LogP) is 4.94. The molecule has 2 nitrogen and oxygen atoms in total. The number of carbonyl (C=O) groups excluding carboxylic acids is 1. The van der Waals surface area contributed by atoms with Gasteiger partial charge in [0.15, 0.2) is 5.78 Å². The Kier molecular flexibility index (Phi) is 6.90. The van der Waals surface area contributed by atoms with Crippen molar-refractivity contribution in [3.63, 3.8) is 0 Å². The molecule has 0 aliphatic carbocycles. The van der Waals surface area contributed by atoms with Crippen molar-refractivity contribution in [3.05, 3.63) is 33.3 Å². The van der Waals surface area contributed by atoms with Crippen LogP contribution in [0.4, 0.5) is 0 Å². The third-order valence-electron chi connectivity index (χ3n) is 2.52. The van der Waals surface area contributed by atoms with E-state index >= 15 is 0 Å². The van der Waals surface area contributed by atoms with Crippen LogP contribution >= 0.6 is 27.5 Å². The van der Waals surface area contributed by atoms with Crippen LogP contribution in [0.1, 0.15) is 44.8 Å². The summed E-state index contributed by atoms with van der Waals surface area (Å²) >= 11 is 9.33. The lowest BCUT2D eigenvalue weighted by molar-refractivity contribution is -0.131. The normalized spacial score (nSPS) is 12.4. The number of hydrogen-bond donors (Lipinski definition) is 0. The Morgan fingerprint density at radius 2 is 2.11 bits per heavy atom. The Hall–Kier alpha value is -0.380. The molecule has 1 aromatic carbocycles. The molecular weight excluding hydrogens is 316 g/mol. The van der Waals surface area contributed by atoms with Crippen molar-refractivity contribution >= 4 is 33.3 Å². The number of halogens is 2. The predicted molar refractivity (Wildman–Crippen MR) is 78.1 cm³/mol. The molecule has 0 aliphatic rings. The van der Waals surface area contributed by atoms with E-state index in [9.17, 15) is 4.79 Å². The van der Waals surface area contributed by atoms with Gasteiger partial charge < -0.3 is 4.74 Å². The van der Waals surface area contributed by atoms with Gasteiger partial charge in [0.1, 0.15) is 6.10 Å². The summed E-state index contributed by atoms with van der Waals surface area (Å²) in [6.45, 7) is 4.60. The average Bonchev–Trinajstić information content (AvgIpc) is 2.34. The molecule has 100 valence electrons. The number of ether oxygens (including phenoxy) is 1. The number of rotatable bonds is 7. The lowest BCUT2D eigenvalue weighted by atomic mass is 10.0. The van der Waals surface area contributed by atoms with Crippen molar-refractivity contribution in [2.24, 2.45) is 0 Å². The van der Waals surface area contributed by atoms with Gasteiger partial charge in [-0.1, -0.05) is 31.5 Å². The molecule has 0 spiro atoms. The first kappa shape index (κ1) is 15.7. The first-order valence-electron chi connectivity index (χ1n) is 6.19. The fourth-order valence-electron chi connectivity index (χ4n) is 1.66. The van der Waals surface area contributed by atoms with Gasteiger partial charge in [-0.25, -0.2) is 0 Å². The second-order valence-corrected chi connectivity index (χ2v) is 5.40. The van der Waals surface area contributed by atoms with Gasteiger partial charge in [-0.3, -0.25) is 4.79 Å². The van der Waals surface area contributed by atoms with Crippen LogP contribution < -0.4 is 0 Å². The van der Waals surface area contributed by atoms with Crippen LogP contribution in [0.15, 0.2) is 22.7 Å². The number of Topliss-reactive ketones (excluding diaryl/α,β-unsaturated/α-hetero) is 1. The molecule has 1 rings (SSSR count). The molecule has 0 aromatic heterocycles. The van der Waals surface area contributed by atoms with Gasteiger partial charge in [0.2, 0.25) is 0 Å². The lowest BCUT2D eigenvalue weighted by Crippen LogP contribution is -2.16. The monoisotopic (exact) mass is 332 g/mol. The Morgan fingerprint density at radius 3 is 2.67 bits per heavy atom. The van der Waals surface area contributed by atoms with Gasteiger partial charge in [0.05, 0.1) is 5.02 Å². The highest BCUT2D eigenvalue weighted by Gasteiger charge is 2.20. The molecule has 0 bridgehead atoms. The molecule has 0 radical (unpaired) electrons. The third-order valence-corrected chi connectivity index (χ3v) is 3.74. The average molecular weight is 334 g/mol. The van der Waals surface area contributed by atoms with Crippen LogP contribution in [0.3, 0.4) is 0 Å². The zero-order chi connectivity index (χ0) is 13.5. The second kappa shape index (κ2) is 7.93. The van der Waals surface area contributed by atoms with E-state index in [-0.39, 0.29) is 5.78 Å². The molecule has 0 aliphatic heterocycles. The summed E-state index contributed by atoms with van der Waals surface area (Å²) in [5.41, 5.74) is 0.859. The topological polar surface area (TPSA) is 26.3 Å². The first-order chi connectivity index (χ1) is 8.60. The van der Waals surface area contributed by atoms with Crippen LogP contribution in [0.2, 0.25) is 5.02 Å². The molecule has 1 unspecified atom stereocenters. The maximum absolute atomic E-state index is 12.1. The molecule has 0 heterocycles. The van der Waals surface area contributed by atoms with Crippen LogP contribution in [0.5, 0.6) is 0 Å². The standard InChI is InChI=1S/C14H18BrClO2/c1-3-5-13(17)14(18-8-4-2)10-6-7-12(16)11(15)9-10/h6-7,9,14H,3-5,8H2,1-2H3. The van der Waals surface area contributed by atoms with Gasteiger partial charge in [0, 0.05) is 17.5 Å². The molecule has 0 fully saturated rings. The Bertz CT molecular complexity index is 407. The minimum Gasteiger partial charge on any atom is -0.366 e. The highest BCUT2D eigenvalue weighted by molar-refractivity contribution is 9.10. The molecule has 0 N–H and O–H groups in total. The van der Waals surface area contributed by atoms with Crippen LogP contribution in [-0.2, 0) is 9.53 Å². The molecule has 0 saturated carbocycles. The van der Waals surface area contributed by atoms with E-state index in [1.54, 1.807) is 6.07 Å². The number of carbonyl (C=O) groups is 1. The van der Waals surface area contributed by atoms with Crippen molar-refractivity contribution in [2.45, 2.75) is 39.2 Å². The number of ketones is 1. The van der Waals surface area contributed by atoms with E-state index < -0.39 is 6.10 Å². The van der Waals surface area contributed by atoms with E-state index in [4.69, 9.17) is 16.3 Å². The maximum Gasteiger partial charge on any atom is 0.166 e. The highest BCUT2D eigenvalue weighted by atomic mass is 79.9. The van der Waals surface area contributed by atoms with E-state index in [0.29, 0.717) is 18.1 Å². The summed E-state index contributed by atoms with van der Waals surface area (Å²) in [6.07, 6.45) is 1.79. The van der Waals surface area contributed by atoms with E-state index in [2.05, 4.69) is 15.9 Å². The third kappa shape index (κ3) is 4.38. The van der Waals surface area contributed by atoms with Crippen molar-refractivity contribution in [2.75, 3.05) is 6.61 Å².